The Hall–Kier alpha value is -2.16. The molecular formula is C12H14BrN7O. The van der Waals surface area contributed by atoms with Crippen LogP contribution in [0.25, 0.3) is 11.0 Å². The molecule has 2 aromatic heterocycles. The minimum atomic E-state index is 0.0765. The van der Waals surface area contributed by atoms with Gasteiger partial charge < -0.3 is 15.8 Å². The number of anilines is 1. The number of allylic oxidation sites excluding steroid dienone is 1. The molecule has 0 aromatic carbocycles. The summed E-state index contributed by atoms with van der Waals surface area (Å²) in [6.07, 6.45) is 2.45. The average molecular weight is 352 g/mol. The maximum atomic E-state index is 7.71. The number of nitrogens with zero attached hydrogens (tertiary/aromatic N) is 4. The summed E-state index contributed by atoms with van der Waals surface area (Å²) in [6.45, 7) is 3.03. The highest BCUT2D eigenvalue weighted by molar-refractivity contribution is 9.18. The van der Waals surface area contributed by atoms with E-state index in [0.29, 0.717) is 24.8 Å². The third-order valence-electron chi connectivity index (χ3n) is 3.15. The van der Waals surface area contributed by atoms with Crippen molar-refractivity contribution >= 4 is 37.5 Å². The molecule has 0 radical (unpaired) electrons. The molecule has 0 fully saturated rings. The van der Waals surface area contributed by atoms with Gasteiger partial charge in [0, 0.05) is 19.2 Å². The van der Waals surface area contributed by atoms with Crippen LogP contribution in [0.5, 0.6) is 0 Å². The van der Waals surface area contributed by atoms with Crippen molar-refractivity contribution in [2.75, 3.05) is 11.9 Å². The van der Waals surface area contributed by atoms with E-state index < -0.39 is 0 Å². The van der Waals surface area contributed by atoms with Crippen LogP contribution in [0.4, 0.5) is 5.95 Å². The van der Waals surface area contributed by atoms with E-state index in [1.807, 2.05) is 11.6 Å². The van der Waals surface area contributed by atoms with E-state index in [2.05, 4.69) is 36.3 Å². The molecule has 3 heterocycles. The lowest BCUT2D eigenvalue weighted by atomic mass is 10.3. The predicted octanol–water partition coefficient (Wildman–Crippen LogP) is 1.47. The lowest BCUT2D eigenvalue weighted by molar-refractivity contribution is 0.198. The SMILES string of the molecule is Cc1nn2c3nc(ncc13)N/C(C(=N)Br)=C(/N)OCCC2. The Kier molecular flexibility index (Phi) is 3.50. The zero-order valence-electron chi connectivity index (χ0n) is 11.4. The fraction of sp³-hybridized carbons (Fsp3) is 0.333. The number of hydrogen-bond donors (Lipinski definition) is 3. The van der Waals surface area contributed by atoms with Gasteiger partial charge in [0.1, 0.15) is 10.3 Å². The molecule has 0 aliphatic carbocycles. The number of fused-ring (bicyclic) bond motifs is 1. The van der Waals surface area contributed by atoms with Crippen LogP contribution in [-0.4, -0.2) is 31.0 Å². The van der Waals surface area contributed by atoms with E-state index in [1.54, 1.807) is 6.20 Å². The van der Waals surface area contributed by atoms with E-state index >= 15 is 0 Å². The largest absolute Gasteiger partial charge is 0.478 e. The highest BCUT2D eigenvalue weighted by atomic mass is 79.9. The summed E-state index contributed by atoms with van der Waals surface area (Å²) in [7, 11) is 0. The molecule has 1 aliphatic rings. The molecule has 0 saturated heterocycles. The zero-order valence-corrected chi connectivity index (χ0v) is 12.9. The van der Waals surface area contributed by atoms with Gasteiger partial charge in [-0.3, -0.25) is 5.41 Å². The Morgan fingerprint density at radius 2 is 2.38 bits per heavy atom. The molecule has 0 saturated carbocycles. The minimum absolute atomic E-state index is 0.0765. The van der Waals surface area contributed by atoms with Crippen LogP contribution in [0.15, 0.2) is 17.8 Å². The van der Waals surface area contributed by atoms with Crippen molar-refractivity contribution in [3.8, 4) is 0 Å². The molecule has 0 spiro atoms. The third-order valence-corrected chi connectivity index (χ3v) is 3.54. The zero-order chi connectivity index (χ0) is 15.0. The average Bonchev–Trinajstić information content (AvgIpc) is 2.75. The Balaban J connectivity index is 2.14. The number of hydrogen-bond acceptors (Lipinski definition) is 7. The van der Waals surface area contributed by atoms with Crippen molar-refractivity contribution in [1.29, 1.82) is 5.41 Å². The molecule has 2 aromatic rings. The minimum Gasteiger partial charge on any atom is -0.478 e. The number of nitrogens with two attached hydrogens (primary N) is 1. The van der Waals surface area contributed by atoms with Crippen molar-refractivity contribution in [3.05, 3.63) is 23.5 Å². The van der Waals surface area contributed by atoms with E-state index in [1.165, 1.54) is 0 Å². The van der Waals surface area contributed by atoms with Gasteiger partial charge in [-0.25, -0.2) is 9.67 Å². The van der Waals surface area contributed by atoms with Crippen LogP contribution in [0.1, 0.15) is 12.1 Å². The summed E-state index contributed by atoms with van der Waals surface area (Å²) in [5.41, 5.74) is 7.80. The summed E-state index contributed by atoms with van der Waals surface area (Å²) in [4.78, 5) is 8.70. The number of nitrogens with one attached hydrogen (secondary N) is 2. The van der Waals surface area contributed by atoms with Crippen LogP contribution in [0, 0.1) is 12.3 Å². The topological polar surface area (TPSA) is 115 Å². The first kappa shape index (κ1) is 13.8. The van der Waals surface area contributed by atoms with Crippen molar-refractivity contribution in [1.82, 2.24) is 19.7 Å². The Bertz CT molecular complexity index is 751. The smallest absolute Gasteiger partial charge is 0.229 e. The van der Waals surface area contributed by atoms with Crippen LogP contribution in [0.2, 0.25) is 0 Å². The molecule has 0 amide bonds. The number of aryl methyl sites for hydroxylation is 2. The summed E-state index contributed by atoms with van der Waals surface area (Å²) in [5.74, 6) is 0.479. The Morgan fingerprint density at radius 3 is 3.14 bits per heavy atom. The second-order valence-corrected chi connectivity index (χ2v) is 5.41. The van der Waals surface area contributed by atoms with E-state index in [9.17, 15) is 0 Å². The van der Waals surface area contributed by atoms with Crippen molar-refractivity contribution in [3.63, 3.8) is 0 Å². The molecule has 9 heteroatoms. The summed E-state index contributed by atoms with van der Waals surface area (Å²) < 4.78 is 7.37. The molecule has 8 nitrogen and oxygen atoms in total. The maximum Gasteiger partial charge on any atom is 0.229 e. The van der Waals surface area contributed by atoms with Gasteiger partial charge in [0.05, 0.1) is 17.7 Å². The summed E-state index contributed by atoms with van der Waals surface area (Å²) in [5, 5.41) is 16.0. The molecule has 21 heavy (non-hydrogen) atoms. The Labute approximate surface area is 129 Å². The normalized spacial score (nSPS) is 19.0. The highest BCUT2D eigenvalue weighted by Crippen LogP contribution is 2.19. The van der Waals surface area contributed by atoms with Crippen LogP contribution in [-0.2, 0) is 11.3 Å². The fourth-order valence-electron chi connectivity index (χ4n) is 2.13. The second-order valence-electron chi connectivity index (χ2n) is 4.62. The molecule has 2 bridgehead atoms. The van der Waals surface area contributed by atoms with Crippen molar-refractivity contribution in [2.45, 2.75) is 19.9 Å². The monoisotopic (exact) mass is 351 g/mol. The van der Waals surface area contributed by atoms with Gasteiger partial charge >= 0.3 is 0 Å². The summed E-state index contributed by atoms with van der Waals surface area (Å²) in [6, 6.07) is 0. The van der Waals surface area contributed by atoms with E-state index in [4.69, 9.17) is 15.9 Å². The van der Waals surface area contributed by atoms with Gasteiger partial charge in [-0.05, 0) is 22.9 Å². The number of ether oxygens (including phenoxy) is 1. The fourth-order valence-corrected chi connectivity index (χ4v) is 2.42. The Morgan fingerprint density at radius 1 is 1.57 bits per heavy atom. The van der Waals surface area contributed by atoms with Crippen LogP contribution >= 0.6 is 15.9 Å². The van der Waals surface area contributed by atoms with Crippen molar-refractivity contribution < 1.29 is 4.74 Å². The summed E-state index contributed by atoms with van der Waals surface area (Å²) >= 11 is 3.09. The molecule has 4 N–H and O–H groups in total. The first-order valence-electron chi connectivity index (χ1n) is 6.40. The molecule has 1 aliphatic heterocycles. The van der Waals surface area contributed by atoms with Gasteiger partial charge in [0.2, 0.25) is 11.8 Å². The number of aromatic nitrogens is 4. The molecular weight excluding hydrogens is 338 g/mol. The first-order chi connectivity index (χ1) is 10.1. The number of halogens is 1. The quantitative estimate of drug-likeness (QED) is 0.670. The highest BCUT2D eigenvalue weighted by Gasteiger charge is 2.16. The predicted molar refractivity (Wildman–Crippen MR) is 82.1 cm³/mol. The molecule has 0 unspecified atom stereocenters. The first-order valence-corrected chi connectivity index (χ1v) is 7.19. The van der Waals surface area contributed by atoms with Gasteiger partial charge in [0.25, 0.3) is 0 Å². The van der Waals surface area contributed by atoms with Gasteiger partial charge in [-0.2, -0.15) is 10.1 Å². The van der Waals surface area contributed by atoms with Crippen LogP contribution in [0.3, 0.4) is 0 Å². The lowest BCUT2D eigenvalue weighted by Gasteiger charge is -2.11. The van der Waals surface area contributed by atoms with E-state index in [0.717, 1.165) is 23.1 Å². The lowest BCUT2D eigenvalue weighted by Crippen LogP contribution is -2.18. The third kappa shape index (κ3) is 2.56. The molecule has 110 valence electrons. The van der Waals surface area contributed by atoms with Gasteiger partial charge in [-0.15, -0.1) is 0 Å². The standard InChI is InChI=1S/C12H14BrN7O/c1-6-7-5-16-12-17-8(9(13)14)10(15)21-4-2-3-20(19-6)11(7)18-12/h5,14H,2-4,15H2,1H3,(H,16,17,18)/b10-8-,14-9?. The second kappa shape index (κ2) is 5.32. The maximum absolute atomic E-state index is 7.71. The molecule has 0 atom stereocenters. The molecule has 3 rings (SSSR count). The van der Waals surface area contributed by atoms with Gasteiger partial charge in [0.15, 0.2) is 5.65 Å². The van der Waals surface area contributed by atoms with Gasteiger partial charge in [-0.1, -0.05) is 0 Å². The van der Waals surface area contributed by atoms with Crippen LogP contribution < -0.4 is 11.1 Å². The van der Waals surface area contributed by atoms with E-state index in [-0.39, 0.29) is 10.5 Å². The number of rotatable bonds is 1. The van der Waals surface area contributed by atoms with Crippen molar-refractivity contribution in [2.24, 2.45) is 5.73 Å².